The Kier molecular flexibility index (Phi) is 6.45. The molecule has 1 amide bonds. The van der Waals surface area contributed by atoms with E-state index in [1.165, 1.54) is 0 Å². The maximum absolute atomic E-state index is 13.0. The molecule has 27 heavy (non-hydrogen) atoms. The summed E-state index contributed by atoms with van der Waals surface area (Å²) in [7, 11) is 1.65. The fourth-order valence-corrected chi connectivity index (χ4v) is 3.17. The fraction of sp³-hybridized carbons (Fsp3) is 0.550. The molecule has 2 bridgehead atoms. The minimum absolute atomic E-state index is 0.0228. The van der Waals surface area contributed by atoms with E-state index in [1.54, 1.807) is 11.8 Å². The van der Waals surface area contributed by atoms with Gasteiger partial charge in [-0.05, 0) is 36.5 Å². The highest BCUT2D eigenvalue weighted by atomic mass is 16.5. The van der Waals surface area contributed by atoms with Gasteiger partial charge in [0, 0.05) is 12.5 Å². The summed E-state index contributed by atoms with van der Waals surface area (Å²) in [6, 6.07) is 7.86. The molecule has 0 saturated carbocycles. The second kappa shape index (κ2) is 8.99. The average Bonchev–Trinajstić information content (AvgIpc) is 3.11. The molecule has 146 valence electrons. The highest BCUT2D eigenvalue weighted by molar-refractivity contribution is 5.79. The van der Waals surface area contributed by atoms with E-state index < -0.39 is 0 Å². The normalized spacial score (nSPS) is 21.3. The topological polar surface area (TPSA) is 78.3 Å². The monoisotopic (exact) mass is 372 g/mol. The molecule has 0 spiro atoms. The van der Waals surface area contributed by atoms with Gasteiger partial charge in [-0.3, -0.25) is 9.48 Å². The van der Waals surface area contributed by atoms with Crippen LogP contribution in [0.2, 0.25) is 0 Å². The Balaban J connectivity index is 1.78. The van der Waals surface area contributed by atoms with Crippen molar-refractivity contribution in [3.05, 3.63) is 41.7 Å². The number of hydrogen-bond acceptors (Lipinski definition) is 5. The number of ether oxygens (including phenoxy) is 2. The lowest BCUT2D eigenvalue weighted by Gasteiger charge is -2.26. The number of rotatable bonds is 4. The average molecular weight is 372 g/mol. The number of methoxy groups -OCH3 is 1. The van der Waals surface area contributed by atoms with Crippen LogP contribution in [0, 0.1) is 11.8 Å². The van der Waals surface area contributed by atoms with E-state index >= 15 is 0 Å². The molecule has 0 unspecified atom stereocenters. The van der Waals surface area contributed by atoms with Gasteiger partial charge in [-0.2, -0.15) is 0 Å². The fourth-order valence-electron chi connectivity index (χ4n) is 3.17. The first-order chi connectivity index (χ1) is 13.0. The number of carbonyl (C=O) groups excluding carboxylic acids is 1. The maximum Gasteiger partial charge on any atom is 0.223 e. The summed E-state index contributed by atoms with van der Waals surface area (Å²) >= 11 is 0. The van der Waals surface area contributed by atoms with Gasteiger partial charge in [-0.25, -0.2) is 0 Å². The Hall–Kier alpha value is -2.41. The van der Waals surface area contributed by atoms with Crippen LogP contribution in [0.15, 0.2) is 30.5 Å². The predicted octanol–water partition coefficient (Wildman–Crippen LogP) is 2.21. The van der Waals surface area contributed by atoms with Crippen molar-refractivity contribution in [1.29, 1.82) is 0 Å². The summed E-state index contributed by atoms with van der Waals surface area (Å²) < 4.78 is 12.8. The van der Waals surface area contributed by atoms with Gasteiger partial charge in [-0.15, -0.1) is 5.10 Å². The van der Waals surface area contributed by atoms with Crippen LogP contribution >= 0.6 is 0 Å². The lowest BCUT2D eigenvalue weighted by atomic mass is 9.94. The summed E-state index contributed by atoms with van der Waals surface area (Å²) in [5.74, 6) is 1.02. The standard InChI is InChI=1S/C20H28N4O3/c1-14(2)19-13-27-12-17-11-24(23-22-17)9-8-16(20(25)21-19)10-15-4-6-18(26-3)7-5-15/h4-7,11,14,16,19H,8-10,12-13H2,1-3H3,(H,21,25)/t16-,19+/m0/s1. The van der Waals surface area contributed by atoms with E-state index in [2.05, 4.69) is 29.5 Å². The number of aryl methyl sites for hydroxylation is 1. The van der Waals surface area contributed by atoms with Crippen LogP contribution in [0.1, 0.15) is 31.5 Å². The van der Waals surface area contributed by atoms with Crippen LogP contribution < -0.4 is 10.1 Å². The minimum atomic E-state index is -0.147. The molecule has 0 aliphatic carbocycles. The molecule has 0 fully saturated rings. The molecule has 1 aliphatic rings. The van der Waals surface area contributed by atoms with Gasteiger partial charge in [0.2, 0.25) is 5.91 Å². The van der Waals surface area contributed by atoms with Gasteiger partial charge in [0.1, 0.15) is 11.4 Å². The van der Waals surface area contributed by atoms with Crippen LogP contribution in [-0.4, -0.2) is 40.7 Å². The van der Waals surface area contributed by atoms with E-state index in [0.29, 0.717) is 32.6 Å². The zero-order chi connectivity index (χ0) is 19.2. The molecular formula is C20H28N4O3. The van der Waals surface area contributed by atoms with E-state index in [-0.39, 0.29) is 23.8 Å². The van der Waals surface area contributed by atoms with Crippen molar-refractivity contribution in [2.45, 2.75) is 45.9 Å². The summed E-state index contributed by atoms with van der Waals surface area (Å²) in [6.07, 6.45) is 3.27. The first-order valence-electron chi connectivity index (χ1n) is 9.45. The zero-order valence-electron chi connectivity index (χ0n) is 16.2. The van der Waals surface area contributed by atoms with Crippen molar-refractivity contribution >= 4 is 5.91 Å². The number of carbonyl (C=O) groups is 1. The van der Waals surface area contributed by atoms with Gasteiger partial charge in [0.15, 0.2) is 0 Å². The lowest BCUT2D eigenvalue weighted by Crippen LogP contribution is -2.45. The van der Waals surface area contributed by atoms with Gasteiger partial charge in [-0.1, -0.05) is 31.2 Å². The summed E-state index contributed by atoms with van der Waals surface area (Å²) in [5, 5.41) is 11.5. The van der Waals surface area contributed by atoms with Crippen molar-refractivity contribution in [3.63, 3.8) is 0 Å². The Bertz CT molecular complexity index is 742. The molecule has 1 aromatic heterocycles. The van der Waals surface area contributed by atoms with Crippen LogP contribution in [0.5, 0.6) is 5.75 Å². The lowest BCUT2D eigenvalue weighted by molar-refractivity contribution is -0.127. The summed E-state index contributed by atoms with van der Waals surface area (Å²) in [5.41, 5.74) is 1.93. The van der Waals surface area contributed by atoms with Gasteiger partial charge in [0.25, 0.3) is 0 Å². The summed E-state index contributed by atoms with van der Waals surface area (Å²) in [6.45, 7) is 5.71. The molecule has 1 aliphatic heterocycles. The third-order valence-corrected chi connectivity index (χ3v) is 4.98. The molecule has 0 saturated heterocycles. The number of aromatic nitrogens is 3. The quantitative estimate of drug-likeness (QED) is 0.890. The number of hydrogen-bond donors (Lipinski definition) is 1. The van der Waals surface area contributed by atoms with Crippen molar-refractivity contribution < 1.29 is 14.3 Å². The van der Waals surface area contributed by atoms with Crippen LogP contribution in [0.4, 0.5) is 0 Å². The van der Waals surface area contributed by atoms with Crippen molar-refractivity contribution in [1.82, 2.24) is 20.3 Å². The van der Waals surface area contributed by atoms with Gasteiger partial charge >= 0.3 is 0 Å². The molecule has 2 aromatic rings. The van der Waals surface area contributed by atoms with Crippen LogP contribution in [0.3, 0.4) is 0 Å². The number of amides is 1. The molecule has 0 radical (unpaired) electrons. The SMILES string of the molecule is COc1ccc(C[C@@H]2CCn3cc(nn3)COC[C@H](C(C)C)NC2=O)cc1. The minimum Gasteiger partial charge on any atom is -0.497 e. The first-order valence-corrected chi connectivity index (χ1v) is 9.45. The molecule has 1 N–H and O–H groups in total. The Morgan fingerprint density at radius 1 is 1.33 bits per heavy atom. The second-order valence-electron chi connectivity index (χ2n) is 7.38. The van der Waals surface area contributed by atoms with E-state index in [4.69, 9.17) is 9.47 Å². The van der Waals surface area contributed by atoms with E-state index in [0.717, 1.165) is 17.0 Å². The molecule has 3 rings (SSSR count). The van der Waals surface area contributed by atoms with Crippen LogP contribution in [0.25, 0.3) is 0 Å². The first kappa shape index (κ1) is 19.4. The Morgan fingerprint density at radius 3 is 2.81 bits per heavy atom. The molecule has 1 aromatic carbocycles. The third kappa shape index (κ3) is 5.29. The maximum atomic E-state index is 13.0. The second-order valence-corrected chi connectivity index (χ2v) is 7.38. The number of nitrogens with zero attached hydrogens (tertiary/aromatic N) is 3. The smallest absolute Gasteiger partial charge is 0.223 e. The number of nitrogens with one attached hydrogen (secondary N) is 1. The Labute approximate surface area is 160 Å². The Morgan fingerprint density at radius 2 is 2.11 bits per heavy atom. The summed E-state index contributed by atoms with van der Waals surface area (Å²) in [4.78, 5) is 13.0. The zero-order valence-corrected chi connectivity index (χ0v) is 16.2. The number of fused-ring (bicyclic) bond motifs is 2. The van der Waals surface area contributed by atoms with Crippen LogP contribution in [-0.2, 0) is 29.1 Å². The molecule has 7 heteroatoms. The van der Waals surface area contributed by atoms with Crippen molar-refractivity contribution in [2.75, 3.05) is 13.7 Å². The molecule has 2 heterocycles. The van der Waals surface area contributed by atoms with E-state index in [9.17, 15) is 4.79 Å². The highest BCUT2D eigenvalue weighted by Crippen LogP contribution is 2.19. The largest absolute Gasteiger partial charge is 0.497 e. The molecule has 7 nitrogen and oxygen atoms in total. The van der Waals surface area contributed by atoms with Gasteiger partial charge in [0.05, 0.1) is 32.6 Å². The van der Waals surface area contributed by atoms with E-state index in [1.807, 2.05) is 30.5 Å². The molecule has 2 atom stereocenters. The highest BCUT2D eigenvalue weighted by Gasteiger charge is 2.24. The number of benzene rings is 1. The van der Waals surface area contributed by atoms with Crippen molar-refractivity contribution in [3.8, 4) is 5.75 Å². The molecular weight excluding hydrogens is 344 g/mol. The third-order valence-electron chi connectivity index (χ3n) is 4.98. The van der Waals surface area contributed by atoms with Gasteiger partial charge < -0.3 is 14.8 Å². The predicted molar refractivity (Wildman–Crippen MR) is 101 cm³/mol. The van der Waals surface area contributed by atoms with Crippen molar-refractivity contribution in [2.24, 2.45) is 11.8 Å².